The van der Waals surface area contributed by atoms with Gasteiger partial charge in [0.15, 0.2) is 11.6 Å². The first-order chi connectivity index (χ1) is 15.5. The van der Waals surface area contributed by atoms with Gasteiger partial charge >= 0.3 is 0 Å². The van der Waals surface area contributed by atoms with Gasteiger partial charge in [0, 0.05) is 43.0 Å². The minimum atomic E-state index is -0.531. The van der Waals surface area contributed by atoms with Crippen LogP contribution in [0.2, 0.25) is 0 Å². The number of nitrogens with zero attached hydrogens (tertiary/aromatic N) is 4. The number of pyridine rings is 1. The van der Waals surface area contributed by atoms with Crippen molar-refractivity contribution in [3.8, 4) is 5.75 Å². The van der Waals surface area contributed by atoms with E-state index < -0.39 is 6.17 Å². The smallest absolute Gasteiger partial charge is 0.255 e. The predicted octanol–water partition coefficient (Wildman–Crippen LogP) is 1.47. The highest BCUT2D eigenvalue weighted by atomic mass is 16.5. The Labute approximate surface area is 187 Å². The Kier molecular flexibility index (Phi) is 5.38. The summed E-state index contributed by atoms with van der Waals surface area (Å²) in [5.74, 6) is 1.18. The maximum Gasteiger partial charge on any atom is 0.255 e. The average molecular weight is 440 g/mol. The summed E-state index contributed by atoms with van der Waals surface area (Å²) >= 11 is 0. The third-order valence-corrected chi connectivity index (χ3v) is 6.64. The van der Waals surface area contributed by atoms with Crippen molar-refractivity contribution < 1.29 is 19.1 Å². The van der Waals surface area contributed by atoms with Gasteiger partial charge in [-0.25, -0.2) is 4.98 Å². The third-order valence-electron chi connectivity index (χ3n) is 6.64. The van der Waals surface area contributed by atoms with Gasteiger partial charge in [0.05, 0.1) is 25.3 Å². The van der Waals surface area contributed by atoms with Gasteiger partial charge < -0.3 is 25.0 Å². The molecule has 9 heteroatoms. The van der Waals surface area contributed by atoms with Crippen LogP contribution >= 0.6 is 0 Å². The fraction of sp³-hybridized carbons (Fsp3) is 0.522. The normalized spacial score (nSPS) is 23.9. The first kappa shape index (κ1) is 21.0. The van der Waals surface area contributed by atoms with E-state index in [2.05, 4.69) is 4.98 Å². The van der Waals surface area contributed by atoms with Crippen LogP contribution in [0, 0.1) is 5.41 Å². The number of allylic oxidation sites excluding steroid dienone is 1. The highest BCUT2D eigenvalue weighted by Crippen LogP contribution is 2.38. The number of rotatable bonds is 3. The minimum Gasteiger partial charge on any atom is -0.488 e. The highest BCUT2D eigenvalue weighted by Gasteiger charge is 2.43. The van der Waals surface area contributed by atoms with Crippen molar-refractivity contribution >= 4 is 17.6 Å². The Morgan fingerprint density at radius 3 is 2.88 bits per heavy atom. The zero-order valence-electron chi connectivity index (χ0n) is 18.3. The maximum absolute atomic E-state index is 13.2. The Hall–Kier alpha value is -2.91. The van der Waals surface area contributed by atoms with Crippen LogP contribution in [0.4, 0.5) is 5.82 Å². The van der Waals surface area contributed by atoms with Crippen molar-refractivity contribution in [2.75, 3.05) is 44.4 Å². The molecule has 1 aromatic heterocycles. The number of ether oxygens (including phenoxy) is 2. The van der Waals surface area contributed by atoms with Gasteiger partial charge in [-0.05, 0) is 31.1 Å². The molecular formula is C23H29N5O4. The van der Waals surface area contributed by atoms with Crippen molar-refractivity contribution in [1.29, 1.82) is 0 Å². The first-order valence-electron chi connectivity index (χ1n) is 11.2. The molecule has 1 aromatic rings. The number of likely N-dealkylation sites (tertiary alicyclic amines) is 1. The van der Waals surface area contributed by atoms with Crippen molar-refractivity contribution in [1.82, 2.24) is 14.8 Å². The number of piperidine rings is 1. The summed E-state index contributed by atoms with van der Waals surface area (Å²) in [7, 11) is 0. The van der Waals surface area contributed by atoms with E-state index >= 15 is 0 Å². The maximum atomic E-state index is 13.2. The largest absolute Gasteiger partial charge is 0.488 e. The Bertz CT molecular complexity index is 987. The van der Waals surface area contributed by atoms with Crippen molar-refractivity contribution in [2.24, 2.45) is 11.1 Å². The fourth-order valence-electron chi connectivity index (χ4n) is 4.84. The molecule has 4 aliphatic rings. The quantitative estimate of drug-likeness (QED) is 0.761. The predicted molar refractivity (Wildman–Crippen MR) is 118 cm³/mol. The highest BCUT2D eigenvalue weighted by molar-refractivity contribution is 5.95. The van der Waals surface area contributed by atoms with E-state index in [1.807, 2.05) is 28.9 Å². The average Bonchev–Trinajstić information content (AvgIpc) is 2.81. The van der Waals surface area contributed by atoms with E-state index in [1.165, 1.54) is 4.90 Å². The molecule has 0 saturated carbocycles. The van der Waals surface area contributed by atoms with Crippen LogP contribution in [0.3, 0.4) is 0 Å². The molecule has 1 spiro atoms. The Morgan fingerprint density at radius 1 is 1.31 bits per heavy atom. The number of carbonyl (C=O) groups is 2. The number of hydrogen-bond acceptors (Lipinski definition) is 7. The molecule has 0 aromatic carbocycles. The van der Waals surface area contributed by atoms with Gasteiger partial charge in [-0.3, -0.25) is 14.5 Å². The third kappa shape index (κ3) is 3.65. The van der Waals surface area contributed by atoms with Gasteiger partial charge in [0.25, 0.3) is 5.91 Å². The van der Waals surface area contributed by atoms with Crippen LogP contribution in [0.15, 0.2) is 36.3 Å². The molecule has 2 amide bonds. The fourth-order valence-corrected chi connectivity index (χ4v) is 4.84. The molecule has 0 aliphatic carbocycles. The summed E-state index contributed by atoms with van der Waals surface area (Å²) in [6, 6.07) is 1.79. The van der Waals surface area contributed by atoms with Crippen molar-refractivity contribution in [3.05, 3.63) is 41.9 Å². The number of hydrogen-bond donors (Lipinski definition) is 1. The molecule has 4 aliphatic heterocycles. The van der Waals surface area contributed by atoms with E-state index in [0.717, 1.165) is 44.8 Å². The Morgan fingerprint density at radius 2 is 2.16 bits per heavy atom. The number of amides is 2. The molecule has 0 radical (unpaired) electrons. The van der Waals surface area contributed by atoms with Crippen LogP contribution in [0.5, 0.6) is 5.75 Å². The summed E-state index contributed by atoms with van der Waals surface area (Å²) in [5, 5.41) is 0. The lowest BCUT2D eigenvalue weighted by Crippen LogP contribution is -2.55. The topological polar surface area (TPSA) is 101 Å². The van der Waals surface area contributed by atoms with Crippen LogP contribution in [-0.4, -0.2) is 72.2 Å². The molecule has 2 saturated heterocycles. The number of nitrogens with two attached hydrogens (primary N) is 1. The van der Waals surface area contributed by atoms with Gasteiger partial charge in [0.1, 0.15) is 12.8 Å². The molecule has 0 bridgehead atoms. The zero-order chi connectivity index (χ0) is 22.3. The molecule has 32 heavy (non-hydrogen) atoms. The molecule has 2 N–H and O–H groups in total. The number of carbonyl (C=O) groups excluding carboxylic acids is 2. The summed E-state index contributed by atoms with van der Waals surface area (Å²) < 4.78 is 11.3. The molecule has 2 fully saturated rings. The van der Waals surface area contributed by atoms with Gasteiger partial charge in [0.2, 0.25) is 5.91 Å². The van der Waals surface area contributed by atoms with Crippen molar-refractivity contribution in [2.45, 2.75) is 32.4 Å². The zero-order valence-corrected chi connectivity index (χ0v) is 18.3. The lowest BCUT2D eigenvalue weighted by Gasteiger charge is -2.48. The number of fused-ring (bicyclic) bond motifs is 1. The van der Waals surface area contributed by atoms with E-state index in [-0.39, 0.29) is 17.2 Å². The van der Waals surface area contributed by atoms with Gasteiger partial charge in [-0.1, -0.05) is 6.92 Å². The summed E-state index contributed by atoms with van der Waals surface area (Å²) in [5.41, 5.74) is 7.72. The van der Waals surface area contributed by atoms with Crippen LogP contribution in [-0.2, 0) is 9.53 Å². The van der Waals surface area contributed by atoms with E-state index in [1.54, 1.807) is 18.5 Å². The van der Waals surface area contributed by atoms with Crippen molar-refractivity contribution in [3.63, 3.8) is 0 Å². The number of anilines is 1. The molecule has 1 atom stereocenters. The molecule has 5 rings (SSSR count). The molecule has 5 heterocycles. The molecule has 9 nitrogen and oxygen atoms in total. The lowest BCUT2D eigenvalue weighted by atomic mass is 9.78. The summed E-state index contributed by atoms with van der Waals surface area (Å²) in [6.45, 7) is 5.85. The molecule has 170 valence electrons. The minimum absolute atomic E-state index is 0.0143. The molecule has 1 unspecified atom stereocenters. The number of aromatic nitrogens is 1. The second-order valence-electron chi connectivity index (χ2n) is 8.92. The molecular weight excluding hydrogens is 410 g/mol. The van der Waals surface area contributed by atoms with Crippen LogP contribution < -0.4 is 15.4 Å². The second kappa shape index (κ2) is 8.22. The van der Waals surface area contributed by atoms with Gasteiger partial charge in [-0.15, -0.1) is 0 Å². The SMILES string of the molecule is CCC(=O)N1C=CC(N2CCOc3cc(C(=O)N4CCCC5(COC5)C4)cnc32)=CC1N. The lowest BCUT2D eigenvalue weighted by molar-refractivity contribution is -0.138. The van der Waals surface area contributed by atoms with E-state index in [4.69, 9.17) is 15.2 Å². The standard InChI is InChI=1S/C23H29N5O4/c1-2-20(29)28-7-4-17(11-19(28)24)27-8-9-32-18-10-16(12-25-21(18)27)22(30)26-6-3-5-23(13-26)14-31-15-23/h4,7,10-12,19H,2-3,5-6,8-9,13-15,24H2,1H3. The van der Waals surface area contributed by atoms with E-state index in [0.29, 0.717) is 36.7 Å². The van der Waals surface area contributed by atoms with Crippen LogP contribution in [0.25, 0.3) is 0 Å². The summed E-state index contributed by atoms with van der Waals surface area (Å²) in [6.07, 6.45) is 9.02. The van der Waals surface area contributed by atoms with Crippen LogP contribution in [0.1, 0.15) is 36.5 Å². The van der Waals surface area contributed by atoms with Gasteiger partial charge in [-0.2, -0.15) is 0 Å². The Balaban J connectivity index is 1.35. The van der Waals surface area contributed by atoms with E-state index in [9.17, 15) is 9.59 Å². The monoisotopic (exact) mass is 439 g/mol. The first-order valence-corrected chi connectivity index (χ1v) is 11.2. The summed E-state index contributed by atoms with van der Waals surface area (Å²) in [4.78, 5) is 35.2. The second-order valence-corrected chi connectivity index (χ2v) is 8.92.